The summed E-state index contributed by atoms with van der Waals surface area (Å²) in [5, 5.41) is 0. The van der Waals surface area contributed by atoms with Gasteiger partial charge < -0.3 is 0 Å². The molecule has 0 aromatic carbocycles. The topological polar surface area (TPSA) is 17.1 Å². The Labute approximate surface area is 98.3 Å². The highest BCUT2D eigenvalue weighted by Gasteiger charge is 2.58. The van der Waals surface area contributed by atoms with E-state index in [9.17, 15) is 4.79 Å². The molecule has 0 amide bonds. The predicted molar refractivity (Wildman–Crippen MR) is 65.0 cm³/mol. The summed E-state index contributed by atoms with van der Waals surface area (Å²) in [6, 6.07) is 0. The summed E-state index contributed by atoms with van der Waals surface area (Å²) < 4.78 is 0. The largest absolute Gasteiger partial charge is 0.299 e. The molecule has 1 nitrogen and oxygen atoms in total. The van der Waals surface area contributed by atoms with Crippen molar-refractivity contribution in [3.8, 4) is 0 Å². The fraction of sp³-hybridized carbons (Fsp3) is 0.800. The van der Waals surface area contributed by atoms with Crippen molar-refractivity contribution in [2.45, 2.75) is 47.0 Å². The van der Waals surface area contributed by atoms with E-state index in [0.29, 0.717) is 17.1 Å². The average molecular weight is 218 g/mol. The lowest BCUT2D eigenvalue weighted by Gasteiger charge is -2.50. The minimum Gasteiger partial charge on any atom is -0.299 e. The maximum absolute atomic E-state index is 12.2. The second kappa shape index (κ2) is 2.80. The lowest BCUT2D eigenvalue weighted by Crippen LogP contribution is -2.47. The molecule has 0 heterocycles. The Balaban J connectivity index is 2.08. The highest BCUT2D eigenvalue weighted by atomic mass is 16.1. The molecule has 2 fully saturated rings. The fourth-order valence-corrected chi connectivity index (χ4v) is 4.90. The van der Waals surface area contributed by atoms with Gasteiger partial charge in [0.1, 0.15) is 5.78 Å². The smallest absolute Gasteiger partial charge is 0.141 e. The van der Waals surface area contributed by atoms with E-state index < -0.39 is 0 Å². The van der Waals surface area contributed by atoms with Crippen molar-refractivity contribution < 1.29 is 4.79 Å². The highest BCUT2D eigenvalue weighted by molar-refractivity contribution is 5.87. The van der Waals surface area contributed by atoms with Crippen molar-refractivity contribution in [2.24, 2.45) is 28.6 Å². The van der Waals surface area contributed by atoms with Crippen LogP contribution in [0.1, 0.15) is 47.0 Å². The van der Waals surface area contributed by atoms with Gasteiger partial charge in [0.15, 0.2) is 0 Å². The first kappa shape index (κ1) is 10.6. The second-order valence-electron chi connectivity index (χ2n) is 7.36. The van der Waals surface area contributed by atoms with E-state index in [0.717, 1.165) is 12.3 Å². The van der Waals surface area contributed by atoms with Gasteiger partial charge in [0, 0.05) is 12.3 Å². The van der Waals surface area contributed by atoms with Crippen molar-refractivity contribution in [1.29, 1.82) is 0 Å². The first-order valence-electron chi connectivity index (χ1n) is 6.54. The van der Waals surface area contributed by atoms with E-state index in [-0.39, 0.29) is 11.3 Å². The van der Waals surface area contributed by atoms with Gasteiger partial charge in [-0.3, -0.25) is 4.79 Å². The van der Waals surface area contributed by atoms with E-state index in [2.05, 4.69) is 33.8 Å². The summed E-state index contributed by atoms with van der Waals surface area (Å²) in [6.45, 7) is 9.21. The molecule has 2 bridgehead atoms. The van der Waals surface area contributed by atoms with E-state index in [1.54, 1.807) is 0 Å². The number of Topliss-reactive ketones (excluding diaryl/α,β-unsaturated/α-hetero) is 1. The Hall–Kier alpha value is -0.590. The molecule has 0 spiro atoms. The van der Waals surface area contributed by atoms with Crippen molar-refractivity contribution in [3.63, 3.8) is 0 Å². The molecule has 4 atom stereocenters. The van der Waals surface area contributed by atoms with Gasteiger partial charge in [0.25, 0.3) is 0 Å². The summed E-state index contributed by atoms with van der Waals surface area (Å²) in [7, 11) is 0. The number of allylic oxidation sites excluding steroid dienone is 2. The summed E-state index contributed by atoms with van der Waals surface area (Å²) >= 11 is 0. The molecule has 4 rings (SSSR count). The molecule has 0 radical (unpaired) electrons. The van der Waals surface area contributed by atoms with Crippen molar-refractivity contribution in [2.75, 3.05) is 0 Å². The summed E-state index contributed by atoms with van der Waals surface area (Å²) in [6.07, 6.45) is 5.77. The Morgan fingerprint density at radius 1 is 1.25 bits per heavy atom. The monoisotopic (exact) mass is 218 g/mol. The number of fused-ring (bicyclic) bond motifs is 1. The van der Waals surface area contributed by atoms with Gasteiger partial charge in [0.2, 0.25) is 0 Å². The van der Waals surface area contributed by atoms with Crippen LogP contribution in [0.2, 0.25) is 0 Å². The van der Waals surface area contributed by atoms with Crippen LogP contribution in [-0.2, 0) is 4.79 Å². The molecule has 16 heavy (non-hydrogen) atoms. The molecular weight excluding hydrogens is 196 g/mol. The van der Waals surface area contributed by atoms with Crippen LogP contribution in [0.25, 0.3) is 0 Å². The summed E-state index contributed by atoms with van der Waals surface area (Å²) in [5.41, 5.74) is 1.98. The molecule has 4 aliphatic carbocycles. The molecule has 0 unspecified atom stereocenters. The van der Waals surface area contributed by atoms with E-state index in [4.69, 9.17) is 0 Å². The lowest BCUT2D eigenvalue weighted by molar-refractivity contribution is -0.132. The van der Waals surface area contributed by atoms with Crippen LogP contribution in [0.5, 0.6) is 0 Å². The molecule has 2 saturated carbocycles. The minimum atomic E-state index is 0.175. The predicted octanol–water partition coefficient (Wildman–Crippen LogP) is 3.59. The number of rotatable bonds is 0. The third-order valence-electron chi connectivity index (χ3n) is 5.30. The average Bonchev–Trinajstić information content (AvgIpc) is 2.39. The van der Waals surface area contributed by atoms with E-state index in [1.807, 2.05) is 0 Å². The van der Waals surface area contributed by atoms with E-state index >= 15 is 0 Å². The molecule has 88 valence electrons. The van der Waals surface area contributed by atoms with Crippen LogP contribution < -0.4 is 0 Å². The number of ketones is 1. The first-order valence-corrected chi connectivity index (χ1v) is 6.54. The molecule has 1 heteroatoms. The number of hydrogen-bond donors (Lipinski definition) is 0. The van der Waals surface area contributed by atoms with Gasteiger partial charge in [-0.25, -0.2) is 0 Å². The van der Waals surface area contributed by atoms with Crippen molar-refractivity contribution in [3.05, 3.63) is 11.6 Å². The van der Waals surface area contributed by atoms with Crippen LogP contribution in [0.4, 0.5) is 0 Å². The number of carbonyl (C=O) groups excluding carboxylic acids is 1. The zero-order valence-electron chi connectivity index (χ0n) is 10.8. The Morgan fingerprint density at radius 2 is 1.94 bits per heavy atom. The maximum atomic E-state index is 12.2. The standard InChI is InChI=1S/C15H22O/c1-9-5-15(4)8-12(16)13(9)10-6-14(2,3)7-11(10)15/h5,10-11,13H,6-8H2,1-4H3/t10-,11+,13-,15-/m0/s1. The summed E-state index contributed by atoms with van der Waals surface area (Å²) in [4.78, 5) is 12.2. The van der Waals surface area contributed by atoms with Crippen molar-refractivity contribution >= 4 is 5.78 Å². The quantitative estimate of drug-likeness (QED) is 0.568. The molecule has 4 aliphatic rings. The third kappa shape index (κ3) is 1.20. The Morgan fingerprint density at radius 3 is 2.56 bits per heavy atom. The summed E-state index contributed by atoms with van der Waals surface area (Å²) in [5.74, 6) is 2.19. The normalized spacial score (nSPS) is 49.1. The minimum absolute atomic E-state index is 0.175. The van der Waals surface area contributed by atoms with Crippen LogP contribution in [0, 0.1) is 28.6 Å². The molecule has 0 saturated heterocycles. The number of carbonyl (C=O) groups is 1. The van der Waals surface area contributed by atoms with Crippen LogP contribution in [0.3, 0.4) is 0 Å². The molecule has 0 aromatic heterocycles. The molecular formula is C15H22O. The van der Waals surface area contributed by atoms with Crippen LogP contribution >= 0.6 is 0 Å². The van der Waals surface area contributed by atoms with Crippen molar-refractivity contribution in [1.82, 2.24) is 0 Å². The second-order valence-corrected chi connectivity index (χ2v) is 7.36. The first-order chi connectivity index (χ1) is 7.32. The zero-order chi connectivity index (χ0) is 11.7. The van der Waals surface area contributed by atoms with Gasteiger partial charge in [-0.1, -0.05) is 32.4 Å². The van der Waals surface area contributed by atoms with Gasteiger partial charge in [-0.05, 0) is 42.4 Å². The van der Waals surface area contributed by atoms with Crippen LogP contribution in [0.15, 0.2) is 11.6 Å². The Bertz CT molecular complexity index is 390. The zero-order valence-corrected chi connectivity index (χ0v) is 10.8. The molecule has 0 aliphatic heterocycles. The van der Waals surface area contributed by atoms with Gasteiger partial charge in [0.05, 0.1) is 0 Å². The molecule has 0 aromatic rings. The maximum Gasteiger partial charge on any atom is 0.141 e. The van der Waals surface area contributed by atoms with Gasteiger partial charge in [-0.15, -0.1) is 0 Å². The van der Waals surface area contributed by atoms with Crippen LogP contribution in [-0.4, -0.2) is 5.78 Å². The van der Waals surface area contributed by atoms with Gasteiger partial charge in [-0.2, -0.15) is 0 Å². The third-order valence-corrected chi connectivity index (χ3v) is 5.30. The number of hydrogen-bond acceptors (Lipinski definition) is 1. The SMILES string of the molecule is CC1=C[C@@]2(C)CC(=O)[C@@H]1[C@H]1CC(C)(C)C[C@H]12. The van der Waals surface area contributed by atoms with Gasteiger partial charge >= 0.3 is 0 Å². The molecule has 0 N–H and O–H groups in total. The highest BCUT2D eigenvalue weighted by Crippen LogP contribution is 2.63. The lowest BCUT2D eigenvalue weighted by atomic mass is 9.53. The Kier molecular flexibility index (Phi) is 1.85. The fourth-order valence-electron chi connectivity index (χ4n) is 4.90. The van der Waals surface area contributed by atoms with E-state index in [1.165, 1.54) is 18.4 Å².